The summed E-state index contributed by atoms with van der Waals surface area (Å²) in [7, 11) is 0. The van der Waals surface area contributed by atoms with Gasteiger partial charge in [-0.3, -0.25) is 10.1 Å². The van der Waals surface area contributed by atoms with Gasteiger partial charge in [0.05, 0.1) is 11.6 Å². The van der Waals surface area contributed by atoms with E-state index < -0.39 is 23.2 Å². The Hall–Kier alpha value is -2.67. The van der Waals surface area contributed by atoms with E-state index in [0.717, 1.165) is 0 Å². The molecule has 1 amide bonds. The van der Waals surface area contributed by atoms with E-state index >= 15 is 0 Å². The minimum absolute atomic E-state index is 0.226. The van der Waals surface area contributed by atoms with Gasteiger partial charge in [0, 0.05) is 0 Å². The summed E-state index contributed by atoms with van der Waals surface area (Å²) >= 11 is 0.226. The molecule has 2 rings (SSSR count). The fourth-order valence-corrected chi connectivity index (χ4v) is 2.07. The lowest BCUT2D eigenvalue weighted by atomic mass is 10.2. The molecule has 0 spiro atoms. The molecule has 0 aliphatic heterocycles. The lowest BCUT2D eigenvalue weighted by Gasteiger charge is -2.13. The second-order valence-corrected chi connectivity index (χ2v) is 5.27. The van der Waals surface area contributed by atoms with Crippen LogP contribution < -0.4 is 10.1 Å². The molecule has 0 saturated heterocycles. The average Bonchev–Trinajstić information content (AvgIpc) is 2.96. The van der Waals surface area contributed by atoms with Gasteiger partial charge in [0.25, 0.3) is 5.91 Å². The van der Waals surface area contributed by atoms with E-state index in [-0.39, 0.29) is 16.5 Å². The predicted octanol–water partition coefficient (Wildman–Crippen LogP) is 2.83. The first-order chi connectivity index (χ1) is 10.8. The Morgan fingerprint density at radius 1 is 1.35 bits per heavy atom. The molecule has 23 heavy (non-hydrogen) atoms. The van der Waals surface area contributed by atoms with Gasteiger partial charge < -0.3 is 4.74 Å². The molecule has 6 nitrogen and oxygen atoms in total. The van der Waals surface area contributed by atoms with Crippen molar-refractivity contribution in [2.45, 2.75) is 19.2 Å². The predicted molar refractivity (Wildman–Crippen MR) is 74.8 cm³/mol. The Morgan fingerprint density at radius 3 is 2.52 bits per heavy atom. The van der Waals surface area contributed by atoms with E-state index in [1.807, 2.05) is 6.07 Å². The summed E-state index contributed by atoms with van der Waals surface area (Å²) in [5.74, 6) is -0.320. The van der Waals surface area contributed by atoms with Gasteiger partial charge in [-0.15, -0.1) is 10.2 Å². The third-order valence-electron chi connectivity index (χ3n) is 2.56. The maximum absolute atomic E-state index is 12.4. The molecule has 0 bridgehead atoms. The number of ether oxygens (including phenoxy) is 1. The van der Waals surface area contributed by atoms with Gasteiger partial charge in [0.15, 0.2) is 6.10 Å². The molecule has 1 N–H and O–H groups in total. The van der Waals surface area contributed by atoms with Gasteiger partial charge in [-0.2, -0.15) is 18.4 Å². The number of carbonyl (C=O) groups is 1. The number of halogens is 3. The summed E-state index contributed by atoms with van der Waals surface area (Å²) < 4.78 is 42.5. The fraction of sp³-hybridized carbons (Fsp3) is 0.231. The monoisotopic (exact) mass is 342 g/mol. The first-order valence-electron chi connectivity index (χ1n) is 6.18. The van der Waals surface area contributed by atoms with E-state index in [2.05, 4.69) is 15.5 Å². The van der Waals surface area contributed by atoms with Crippen LogP contribution in [-0.2, 0) is 11.0 Å². The number of nitrogens with zero attached hydrogens (tertiary/aromatic N) is 3. The van der Waals surface area contributed by atoms with Crippen molar-refractivity contribution in [3.8, 4) is 11.8 Å². The zero-order valence-electron chi connectivity index (χ0n) is 11.6. The molecule has 1 heterocycles. The molecule has 2 aromatic rings. The van der Waals surface area contributed by atoms with Crippen molar-refractivity contribution < 1.29 is 22.7 Å². The fourth-order valence-electron chi connectivity index (χ4n) is 1.46. The van der Waals surface area contributed by atoms with Gasteiger partial charge >= 0.3 is 6.18 Å². The molecule has 0 aliphatic rings. The van der Waals surface area contributed by atoms with Gasteiger partial charge in [-0.05, 0) is 31.2 Å². The lowest BCUT2D eigenvalue weighted by Crippen LogP contribution is -2.30. The van der Waals surface area contributed by atoms with E-state index in [4.69, 9.17) is 10.00 Å². The molecule has 1 aromatic carbocycles. The quantitative estimate of drug-likeness (QED) is 0.923. The average molecular weight is 342 g/mol. The van der Waals surface area contributed by atoms with Crippen LogP contribution in [0.3, 0.4) is 0 Å². The Kier molecular flexibility index (Phi) is 4.80. The van der Waals surface area contributed by atoms with Crippen molar-refractivity contribution in [3.05, 3.63) is 34.8 Å². The molecular weight excluding hydrogens is 333 g/mol. The smallest absolute Gasteiger partial charge is 0.445 e. The largest absolute Gasteiger partial charge is 0.481 e. The highest BCUT2D eigenvalue weighted by Crippen LogP contribution is 2.33. The van der Waals surface area contributed by atoms with E-state index in [9.17, 15) is 18.0 Å². The van der Waals surface area contributed by atoms with Crippen LogP contribution in [0.5, 0.6) is 5.75 Å². The Bertz CT molecular complexity index is 737. The van der Waals surface area contributed by atoms with Crippen molar-refractivity contribution in [1.29, 1.82) is 5.26 Å². The second-order valence-electron chi connectivity index (χ2n) is 4.30. The SMILES string of the molecule is CC(Oc1ccc(C#N)cc1)C(=O)Nc1nnc(C(F)(F)F)s1. The minimum Gasteiger partial charge on any atom is -0.481 e. The van der Waals surface area contributed by atoms with Crippen LogP contribution in [0.15, 0.2) is 24.3 Å². The summed E-state index contributed by atoms with van der Waals surface area (Å²) in [6, 6.07) is 7.98. The normalized spacial score (nSPS) is 12.3. The van der Waals surface area contributed by atoms with Gasteiger partial charge in [0.2, 0.25) is 10.1 Å². The molecule has 120 valence electrons. The highest BCUT2D eigenvalue weighted by atomic mass is 32.1. The number of alkyl halides is 3. The van der Waals surface area contributed by atoms with Crippen molar-refractivity contribution >= 4 is 22.4 Å². The summed E-state index contributed by atoms with van der Waals surface area (Å²) in [4.78, 5) is 11.9. The van der Waals surface area contributed by atoms with Crippen LogP contribution in [0.2, 0.25) is 0 Å². The van der Waals surface area contributed by atoms with Crippen molar-refractivity contribution in [3.63, 3.8) is 0 Å². The second kappa shape index (κ2) is 6.62. The molecule has 0 aliphatic carbocycles. The first kappa shape index (κ1) is 16.7. The number of anilines is 1. The number of hydrogen-bond donors (Lipinski definition) is 1. The number of benzene rings is 1. The highest BCUT2D eigenvalue weighted by Gasteiger charge is 2.36. The van der Waals surface area contributed by atoms with E-state index in [1.165, 1.54) is 31.2 Å². The highest BCUT2D eigenvalue weighted by molar-refractivity contribution is 7.15. The summed E-state index contributed by atoms with van der Waals surface area (Å²) in [6.07, 6.45) is -5.58. The van der Waals surface area contributed by atoms with Crippen LogP contribution >= 0.6 is 11.3 Å². The van der Waals surface area contributed by atoms with Crippen LogP contribution in [-0.4, -0.2) is 22.2 Å². The van der Waals surface area contributed by atoms with Gasteiger partial charge in [-0.25, -0.2) is 0 Å². The molecular formula is C13H9F3N4O2S. The summed E-state index contributed by atoms with van der Waals surface area (Å²) in [5.41, 5.74) is 0.433. The van der Waals surface area contributed by atoms with Gasteiger partial charge in [-0.1, -0.05) is 11.3 Å². The van der Waals surface area contributed by atoms with Crippen molar-refractivity contribution in [1.82, 2.24) is 10.2 Å². The number of carbonyl (C=O) groups excluding carboxylic acids is 1. The molecule has 1 unspecified atom stereocenters. The Labute approximate surface area is 132 Å². The number of nitriles is 1. The van der Waals surface area contributed by atoms with Gasteiger partial charge in [0.1, 0.15) is 5.75 Å². The number of rotatable bonds is 4. The zero-order chi connectivity index (χ0) is 17.0. The topological polar surface area (TPSA) is 87.9 Å². The third-order valence-corrected chi connectivity index (χ3v) is 3.45. The van der Waals surface area contributed by atoms with Crippen LogP contribution in [0.1, 0.15) is 17.5 Å². The van der Waals surface area contributed by atoms with E-state index in [0.29, 0.717) is 11.3 Å². The summed E-state index contributed by atoms with van der Waals surface area (Å²) in [5, 5.41) is 15.7. The third kappa shape index (κ3) is 4.40. The lowest BCUT2D eigenvalue weighted by molar-refractivity contribution is -0.138. The van der Waals surface area contributed by atoms with Crippen LogP contribution in [0.4, 0.5) is 18.3 Å². The van der Waals surface area contributed by atoms with E-state index in [1.54, 1.807) is 0 Å². The van der Waals surface area contributed by atoms with Crippen LogP contribution in [0, 0.1) is 11.3 Å². The molecule has 1 atom stereocenters. The number of nitrogens with one attached hydrogen (secondary N) is 1. The Balaban J connectivity index is 1.97. The standard InChI is InChI=1S/C13H9F3N4O2S/c1-7(22-9-4-2-8(6-17)3-5-9)10(21)18-12-20-19-11(23-12)13(14,15)16/h2-5,7H,1H3,(H,18,20,21). The summed E-state index contributed by atoms with van der Waals surface area (Å²) in [6.45, 7) is 1.43. The van der Waals surface area contributed by atoms with Crippen molar-refractivity contribution in [2.75, 3.05) is 5.32 Å². The molecule has 0 radical (unpaired) electrons. The molecule has 10 heteroatoms. The number of aromatic nitrogens is 2. The first-order valence-corrected chi connectivity index (χ1v) is 6.99. The van der Waals surface area contributed by atoms with Crippen LogP contribution in [0.25, 0.3) is 0 Å². The zero-order valence-corrected chi connectivity index (χ0v) is 12.4. The minimum atomic E-state index is -4.61. The molecule has 0 saturated carbocycles. The number of hydrogen-bond acceptors (Lipinski definition) is 6. The molecule has 1 aromatic heterocycles. The van der Waals surface area contributed by atoms with Crippen molar-refractivity contribution in [2.24, 2.45) is 0 Å². The molecule has 0 fully saturated rings. The number of amides is 1. The maximum Gasteiger partial charge on any atom is 0.445 e. The Morgan fingerprint density at radius 2 is 2.00 bits per heavy atom. The maximum atomic E-state index is 12.4.